The quantitative estimate of drug-likeness (QED) is 0.802. The van der Waals surface area contributed by atoms with E-state index in [9.17, 15) is 13.6 Å². The maximum absolute atomic E-state index is 13.7. The molecule has 1 amide bonds. The van der Waals surface area contributed by atoms with Crippen molar-refractivity contribution >= 4 is 5.91 Å². The van der Waals surface area contributed by atoms with E-state index in [4.69, 9.17) is 4.42 Å². The number of hydrogen-bond donors (Lipinski definition) is 1. The Labute approximate surface area is 130 Å². The highest BCUT2D eigenvalue weighted by Crippen LogP contribution is 2.23. The van der Waals surface area contributed by atoms with Crippen molar-refractivity contribution in [2.45, 2.75) is 6.04 Å². The number of carbonyl (C=O) groups is 1. The van der Waals surface area contributed by atoms with Gasteiger partial charge in [0.2, 0.25) is 0 Å². The smallest absolute Gasteiger partial charge is 0.273 e. The number of nitrogens with one attached hydrogen (secondary N) is 1. The second-order valence-electron chi connectivity index (χ2n) is 4.82. The van der Waals surface area contributed by atoms with Gasteiger partial charge >= 0.3 is 0 Å². The van der Waals surface area contributed by atoms with Gasteiger partial charge in [-0.15, -0.1) is 0 Å². The van der Waals surface area contributed by atoms with E-state index in [1.165, 1.54) is 6.26 Å². The van der Waals surface area contributed by atoms with Crippen molar-refractivity contribution < 1.29 is 18.0 Å². The van der Waals surface area contributed by atoms with E-state index in [-0.39, 0.29) is 0 Å². The molecule has 0 radical (unpaired) electrons. The van der Waals surface area contributed by atoms with Crippen molar-refractivity contribution in [3.63, 3.8) is 0 Å². The lowest BCUT2D eigenvalue weighted by atomic mass is 10.0. The van der Waals surface area contributed by atoms with Crippen molar-refractivity contribution in [1.82, 2.24) is 10.3 Å². The van der Waals surface area contributed by atoms with Crippen LogP contribution in [0, 0.1) is 11.6 Å². The van der Waals surface area contributed by atoms with Gasteiger partial charge in [0, 0.05) is 6.07 Å². The lowest BCUT2D eigenvalue weighted by Gasteiger charge is -2.17. The number of amides is 1. The molecule has 0 bridgehead atoms. The van der Waals surface area contributed by atoms with Crippen LogP contribution in [-0.2, 0) is 0 Å². The van der Waals surface area contributed by atoms with Gasteiger partial charge in [-0.3, -0.25) is 4.79 Å². The SMILES string of the molecule is O=C(NC(c1ccccc1)c1ccco1)c1ncc(F)cc1F. The molecule has 0 aliphatic heterocycles. The molecule has 2 aromatic heterocycles. The molecule has 2 heterocycles. The predicted molar refractivity (Wildman–Crippen MR) is 78.6 cm³/mol. The maximum Gasteiger partial charge on any atom is 0.273 e. The molecule has 0 spiro atoms. The van der Waals surface area contributed by atoms with E-state index >= 15 is 0 Å². The second kappa shape index (κ2) is 6.39. The van der Waals surface area contributed by atoms with E-state index < -0.39 is 29.3 Å². The highest BCUT2D eigenvalue weighted by atomic mass is 19.1. The Morgan fingerprint density at radius 3 is 2.57 bits per heavy atom. The normalized spacial score (nSPS) is 11.9. The lowest BCUT2D eigenvalue weighted by Crippen LogP contribution is -2.30. The van der Waals surface area contributed by atoms with Crippen LogP contribution in [0.2, 0.25) is 0 Å². The predicted octanol–water partition coefficient (Wildman–Crippen LogP) is 3.47. The molecule has 0 fully saturated rings. The zero-order valence-electron chi connectivity index (χ0n) is 11.9. The maximum atomic E-state index is 13.7. The average molecular weight is 314 g/mol. The first-order valence-corrected chi connectivity index (χ1v) is 6.85. The number of hydrogen-bond acceptors (Lipinski definition) is 3. The van der Waals surface area contributed by atoms with Crippen LogP contribution < -0.4 is 5.32 Å². The third-order valence-corrected chi connectivity index (χ3v) is 3.26. The molecule has 0 saturated heterocycles. The molecular weight excluding hydrogens is 302 g/mol. The van der Waals surface area contributed by atoms with Crippen LogP contribution in [0.25, 0.3) is 0 Å². The summed E-state index contributed by atoms with van der Waals surface area (Å²) in [6.45, 7) is 0. The summed E-state index contributed by atoms with van der Waals surface area (Å²) < 4.78 is 32.0. The Balaban J connectivity index is 1.91. The molecule has 1 atom stereocenters. The fraction of sp³-hybridized carbons (Fsp3) is 0.0588. The number of furan rings is 1. The first-order chi connectivity index (χ1) is 11.1. The first-order valence-electron chi connectivity index (χ1n) is 6.85. The van der Waals surface area contributed by atoms with E-state index in [1.807, 2.05) is 30.3 Å². The first kappa shape index (κ1) is 14.9. The molecule has 0 aliphatic carbocycles. The molecule has 0 aliphatic rings. The standard InChI is InChI=1S/C17H12F2N2O2/c18-12-9-13(19)16(20-10-12)17(22)21-15(14-7-4-8-23-14)11-5-2-1-3-6-11/h1-10,15H,(H,21,22). The van der Waals surface area contributed by atoms with E-state index in [0.29, 0.717) is 11.8 Å². The average Bonchev–Trinajstić information content (AvgIpc) is 3.07. The highest BCUT2D eigenvalue weighted by molar-refractivity contribution is 5.93. The lowest BCUT2D eigenvalue weighted by molar-refractivity contribution is 0.0929. The van der Waals surface area contributed by atoms with Crippen molar-refractivity contribution in [2.75, 3.05) is 0 Å². The van der Waals surface area contributed by atoms with Gasteiger partial charge in [0.05, 0.1) is 12.5 Å². The van der Waals surface area contributed by atoms with Crippen LogP contribution in [0.5, 0.6) is 0 Å². The topological polar surface area (TPSA) is 55.1 Å². The van der Waals surface area contributed by atoms with Crippen molar-refractivity contribution in [2.24, 2.45) is 0 Å². The molecule has 1 aromatic carbocycles. The summed E-state index contributed by atoms with van der Waals surface area (Å²) in [5.74, 6) is -2.13. The number of aromatic nitrogens is 1. The minimum absolute atomic E-state index is 0.473. The van der Waals surface area contributed by atoms with Gasteiger partial charge in [0.25, 0.3) is 5.91 Å². The zero-order valence-corrected chi connectivity index (χ0v) is 11.9. The summed E-state index contributed by atoms with van der Waals surface area (Å²) in [5.41, 5.74) is 0.289. The van der Waals surface area contributed by atoms with Crippen LogP contribution in [-0.4, -0.2) is 10.9 Å². The summed E-state index contributed by atoms with van der Waals surface area (Å²) >= 11 is 0. The third kappa shape index (κ3) is 3.26. The molecule has 3 aromatic rings. The summed E-state index contributed by atoms with van der Waals surface area (Å²) in [5, 5.41) is 2.65. The molecule has 1 N–H and O–H groups in total. The monoisotopic (exact) mass is 314 g/mol. The Kier molecular flexibility index (Phi) is 4.14. The van der Waals surface area contributed by atoms with Gasteiger partial charge in [-0.05, 0) is 17.7 Å². The number of benzene rings is 1. The number of pyridine rings is 1. The summed E-state index contributed by atoms with van der Waals surface area (Å²) in [4.78, 5) is 15.8. The molecule has 0 saturated carbocycles. The molecule has 23 heavy (non-hydrogen) atoms. The van der Waals surface area contributed by atoms with Gasteiger partial charge < -0.3 is 9.73 Å². The van der Waals surface area contributed by atoms with Crippen molar-refractivity contribution in [1.29, 1.82) is 0 Å². The molecule has 116 valence electrons. The van der Waals surface area contributed by atoms with E-state index in [2.05, 4.69) is 10.3 Å². The number of halogens is 2. The fourth-order valence-corrected chi connectivity index (χ4v) is 2.20. The van der Waals surface area contributed by atoms with Gasteiger partial charge in [-0.25, -0.2) is 13.8 Å². The number of rotatable bonds is 4. The summed E-state index contributed by atoms with van der Waals surface area (Å²) in [6.07, 6.45) is 2.27. The Morgan fingerprint density at radius 2 is 1.91 bits per heavy atom. The summed E-state index contributed by atoms with van der Waals surface area (Å²) in [7, 11) is 0. The summed E-state index contributed by atoms with van der Waals surface area (Å²) in [6, 6.07) is 12.5. The zero-order chi connectivity index (χ0) is 16.2. The van der Waals surface area contributed by atoms with Crippen LogP contribution in [0.3, 0.4) is 0 Å². The van der Waals surface area contributed by atoms with Crippen LogP contribution in [0.1, 0.15) is 27.9 Å². The van der Waals surface area contributed by atoms with Crippen molar-refractivity contribution in [3.8, 4) is 0 Å². The van der Waals surface area contributed by atoms with Gasteiger partial charge in [0.15, 0.2) is 11.5 Å². The molecule has 4 nitrogen and oxygen atoms in total. The number of carbonyl (C=O) groups excluding carboxylic acids is 1. The Hall–Kier alpha value is -3.02. The molecule has 6 heteroatoms. The van der Waals surface area contributed by atoms with Gasteiger partial charge in [-0.2, -0.15) is 0 Å². The van der Waals surface area contributed by atoms with Crippen LogP contribution >= 0.6 is 0 Å². The van der Waals surface area contributed by atoms with Crippen molar-refractivity contribution in [3.05, 3.63) is 89.6 Å². The van der Waals surface area contributed by atoms with Gasteiger partial charge in [-0.1, -0.05) is 30.3 Å². The number of nitrogens with zero attached hydrogens (tertiary/aromatic N) is 1. The fourth-order valence-electron chi connectivity index (χ4n) is 2.20. The minimum Gasteiger partial charge on any atom is -0.467 e. The Morgan fingerprint density at radius 1 is 1.13 bits per heavy atom. The minimum atomic E-state index is -1.02. The molecule has 1 unspecified atom stereocenters. The van der Waals surface area contributed by atoms with Crippen LogP contribution in [0.15, 0.2) is 65.4 Å². The Bertz CT molecular complexity index is 805. The molecular formula is C17H12F2N2O2. The van der Waals surface area contributed by atoms with Gasteiger partial charge in [0.1, 0.15) is 17.6 Å². The highest BCUT2D eigenvalue weighted by Gasteiger charge is 2.22. The second-order valence-corrected chi connectivity index (χ2v) is 4.82. The molecule has 3 rings (SSSR count). The largest absolute Gasteiger partial charge is 0.467 e. The third-order valence-electron chi connectivity index (χ3n) is 3.26. The van der Waals surface area contributed by atoms with E-state index in [1.54, 1.807) is 12.1 Å². The van der Waals surface area contributed by atoms with Crippen LogP contribution in [0.4, 0.5) is 8.78 Å². The van der Waals surface area contributed by atoms with E-state index in [0.717, 1.165) is 11.8 Å².